The third-order valence-corrected chi connectivity index (χ3v) is 8.41. The third kappa shape index (κ3) is 6.67. The van der Waals surface area contributed by atoms with Crippen LogP contribution in [0.1, 0.15) is 26.7 Å². The maximum absolute atomic E-state index is 13.7. The second-order valence-electron chi connectivity index (χ2n) is 8.94. The topological polar surface area (TPSA) is 91.2 Å². The number of nitriles is 1. The zero-order valence-electron chi connectivity index (χ0n) is 22.0. The SMILES string of the molecule is COc1ccc(C(=O)Nc2cccc(SC(C(=O)Nc3scc(-c4ccccc4)c3C#N)c3ccccc3)c2)cc1. The van der Waals surface area contributed by atoms with Crippen molar-refractivity contribution in [3.63, 3.8) is 0 Å². The van der Waals surface area contributed by atoms with Gasteiger partial charge in [-0.2, -0.15) is 5.26 Å². The minimum Gasteiger partial charge on any atom is -0.497 e. The molecule has 0 aliphatic rings. The molecule has 0 fully saturated rings. The standard InChI is InChI=1S/C33H25N3O3S2/c1-39-26-17-15-24(16-18-26)31(37)35-25-13-8-14-27(19-25)41-30(23-11-6-3-7-12-23)32(38)36-33-28(20-34)29(21-40-33)22-9-4-2-5-10-22/h2-19,21,30H,1H3,(H,35,37)(H,36,38). The van der Waals surface area contributed by atoms with E-state index in [2.05, 4.69) is 16.7 Å². The van der Waals surface area contributed by atoms with E-state index < -0.39 is 5.25 Å². The monoisotopic (exact) mass is 575 g/mol. The maximum atomic E-state index is 13.7. The number of amides is 2. The van der Waals surface area contributed by atoms with E-state index in [9.17, 15) is 14.9 Å². The van der Waals surface area contributed by atoms with Crippen molar-refractivity contribution in [2.75, 3.05) is 17.7 Å². The van der Waals surface area contributed by atoms with Crippen molar-refractivity contribution in [2.24, 2.45) is 0 Å². The number of thiophene rings is 1. The van der Waals surface area contributed by atoms with Crippen molar-refractivity contribution < 1.29 is 14.3 Å². The number of hydrogen-bond acceptors (Lipinski definition) is 6. The van der Waals surface area contributed by atoms with Crippen molar-refractivity contribution in [3.8, 4) is 22.9 Å². The molecule has 0 radical (unpaired) electrons. The Bertz CT molecular complexity index is 1700. The lowest BCUT2D eigenvalue weighted by Gasteiger charge is -2.17. The fourth-order valence-electron chi connectivity index (χ4n) is 4.20. The van der Waals surface area contributed by atoms with E-state index in [0.29, 0.717) is 27.6 Å². The van der Waals surface area contributed by atoms with Crippen molar-refractivity contribution in [1.82, 2.24) is 0 Å². The maximum Gasteiger partial charge on any atom is 0.255 e. The van der Waals surface area contributed by atoms with Crippen LogP contribution in [0.3, 0.4) is 0 Å². The molecule has 1 heterocycles. The summed E-state index contributed by atoms with van der Waals surface area (Å²) in [5, 5.41) is 17.7. The number of benzene rings is 4. The molecule has 0 spiro atoms. The van der Waals surface area contributed by atoms with Crippen LogP contribution in [0.15, 0.2) is 119 Å². The van der Waals surface area contributed by atoms with Crippen LogP contribution in [0.5, 0.6) is 5.75 Å². The first-order valence-electron chi connectivity index (χ1n) is 12.7. The second kappa shape index (κ2) is 13.0. The summed E-state index contributed by atoms with van der Waals surface area (Å²) in [6.45, 7) is 0. The molecule has 5 rings (SSSR count). The summed E-state index contributed by atoms with van der Waals surface area (Å²) in [5.74, 6) is 0.181. The molecule has 0 saturated heterocycles. The first-order chi connectivity index (χ1) is 20.1. The van der Waals surface area contributed by atoms with Crippen LogP contribution < -0.4 is 15.4 Å². The molecule has 0 aliphatic carbocycles. The van der Waals surface area contributed by atoms with Crippen LogP contribution in [-0.4, -0.2) is 18.9 Å². The molecule has 2 amide bonds. The van der Waals surface area contributed by atoms with Crippen LogP contribution in [0.2, 0.25) is 0 Å². The molecular weight excluding hydrogens is 551 g/mol. The fraction of sp³-hybridized carbons (Fsp3) is 0.0606. The summed E-state index contributed by atoms with van der Waals surface area (Å²) in [5.41, 5.74) is 4.08. The second-order valence-corrected chi connectivity index (χ2v) is 11.0. The van der Waals surface area contributed by atoms with Gasteiger partial charge in [0.1, 0.15) is 22.1 Å². The summed E-state index contributed by atoms with van der Waals surface area (Å²) in [7, 11) is 1.58. The first-order valence-corrected chi connectivity index (χ1v) is 14.5. The lowest BCUT2D eigenvalue weighted by molar-refractivity contribution is -0.115. The zero-order valence-corrected chi connectivity index (χ0v) is 23.7. The van der Waals surface area contributed by atoms with Gasteiger partial charge >= 0.3 is 0 Å². The van der Waals surface area contributed by atoms with Gasteiger partial charge in [-0.3, -0.25) is 9.59 Å². The molecule has 8 heteroatoms. The van der Waals surface area contributed by atoms with E-state index in [1.54, 1.807) is 37.4 Å². The molecule has 1 aromatic heterocycles. The molecule has 5 aromatic rings. The molecule has 0 bridgehead atoms. The van der Waals surface area contributed by atoms with Gasteiger partial charge in [0.25, 0.3) is 5.91 Å². The molecule has 2 N–H and O–H groups in total. The highest BCUT2D eigenvalue weighted by molar-refractivity contribution is 8.00. The number of methoxy groups -OCH3 is 1. The Hall–Kier alpha value is -4.84. The van der Waals surface area contributed by atoms with Crippen LogP contribution >= 0.6 is 23.1 Å². The highest BCUT2D eigenvalue weighted by Crippen LogP contribution is 2.40. The number of hydrogen-bond donors (Lipinski definition) is 2. The summed E-state index contributed by atoms with van der Waals surface area (Å²) >= 11 is 2.70. The van der Waals surface area contributed by atoms with Crippen LogP contribution in [0, 0.1) is 11.3 Å². The predicted molar refractivity (Wildman–Crippen MR) is 166 cm³/mol. The minimum absolute atomic E-state index is 0.244. The Balaban J connectivity index is 1.37. The smallest absolute Gasteiger partial charge is 0.255 e. The van der Waals surface area contributed by atoms with E-state index in [-0.39, 0.29) is 11.8 Å². The van der Waals surface area contributed by atoms with Crippen LogP contribution in [-0.2, 0) is 4.79 Å². The number of nitrogens with one attached hydrogen (secondary N) is 2. The summed E-state index contributed by atoms with van der Waals surface area (Å²) < 4.78 is 5.17. The molecule has 0 aliphatic heterocycles. The fourth-order valence-corrected chi connectivity index (χ4v) is 6.20. The Kier molecular flexibility index (Phi) is 8.79. The molecule has 1 atom stereocenters. The van der Waals surface area contributed by atoms with Crippen molar-refractivity contribution in [2.45, 2.75) is 10.1 Å². The number of thioether (sulfide) groups is 1. The highest BCUT2D eigenvalue weighted by Gasteiger charge is 2.25. The Labute approximate surface area is 246 Å². The number of carbonyl (C=O) groups excluding carboxylic acids is 2. The van der Waals surface area contributed by atoms with Gasteiger partial charge < -0.3 is 15.4 Å². The minimum atomic E-state index is -0.599. The van der Waals surface area contributed by atoms with Crippen molar-refractivity contribution in [1.29, 1.82) is 5.26 Å². The molecule has 202 valence electrons. The first kappa shape index (κ1) is 27.7. The van der Waals surface area contributed by atoms with Gasteiger partial charge in [0.15, 0.2) is 0 Å². The van der Waals surface area contributed by atoms with Gasteiger partial charge in [-0.15, -0.1) is 23.1 Å². The summed E-state index contributed by atoms with van der Waals surface area (Å²) in [4.78, 5) is 27.3. The largest absolute Gasteiger partial charge is 0.497 e. The van der Waals surface area contributed by atoms with Gasteiger partial charge in [0, 0.05) is 27.1 Å². The van der Waals surface area contributed by atoms with Crippen molar-refractivity contribution >= 4 is 45.6 Å². The molecule has 0 saturated carbocycles. The quantitative estimate of drug-likeness (QED) is 0.174. The number of nitrogens with zero attached hydrogens (tertiary/aromatic N) is 1. The van der Waals surface area contributed by atoms with E-state index in [4.69, 9.17) is 4.74 Å². The number of carbonyl (C=O) groups is 2. The Morgan fingerprint density at radius 3 is 2.27 bits per heavy atom. The average molecular weight is 576 g/mol. The summed E-state index contributed by atoms with van der Waals surface area (Å²) in [6, 6.07) is 35.6. The third-order valence-electron chi connectivity index (χ3n) is 6.26. The zero-order chi connectivity index (χ0) is 28.6. The van der Waals surface area contributed by atoms with E-state index in [1.807, 2.05) is 84.2 Å². The highest BCUT2D eigenvalue weighted by atomic mass is 32.2. The number of anilines is 2. The predicted octanol–water partition coefficient (Wildman–Crippen LogP) is 8.02. The van der Waals surface area contributed by atoms with E-state index in [0.717, 1.165) is 21.6 Å². The van der Waals surface area contributed by atoms with E-state index in [1.165, 1.54) is 23.1 Å². The van der Waals surface area contributed by atoms with Gasteiger partial charge in [0.2, 0.25) is 5.91 Å². The molecule has 41 heavy (non-hydrogen) atoms. The van der Waals surface area contributed by atoms with Gasteiger partial charge in [-0.25, -0.2) is 0 Å². The Morgan fingerprint density at radius 2 is 1.59 bits per heavy atom. The molecule has 1 unspecified atom stereocenters. The lowest BCUT2D eigenvalue weighted by atomic mass is 10.1. The summed E-state index contributed by atoms with van der Waals surface area (Å²) in [6.07, 6.45) is 0. The van der Waals surface area contributed by atoms with E-state index >= 15 is 0 Å². The lowest BCUT2D eigenvalue weighted by Crippen LogP contribution is -2.19. The number of ether oxygens (including phenoxy) is 1. The Morgan fingerprint density at radius 1 is 0.878 bits per heavy atom. The number of rotatable bonds is 9. The van der Waals surface area contributed by atoms with Gasteiger partial charge in [-0.05, 0) is 53.6 Å². The molecule has 6 nitrogen and oxygen atoms in total. The molecule has 4 aromatic carbocycles. The van der Waals surface area contributed by atoms with Gasteiger partial charge in [0.05, 0.1) is 12.7 Å². The van der Waals surface area contributed by atoms with Crippen molar-refractivity contribution in [3.05, 3.63) is 131 Å². The normalized spacial score (nSPS) is 11.2. The average Bonchev–Trinajstić information content (AvgIpc) is 3.43. The van der Waals surface area contributed by atoms with Crippen LogP contribution in [0.4, 0.5) is 10.7 Å². The van der Waals surface area contributed by atoms with Crippen LogP contribution in [0.25, 0.3) is 11.1 Å². The molecular formula is C33H25N3O3S2. The van der Waals surface area contributed by atoms with Gasteiger partial charge in [-0.1, -0.05) is 66.7 Å².